The molecule has 0 unspecified atom stereocenters. The van der Waals surface area contributed by atoms with E-state index < -0.39 is 0 Å². The molecule has 1 N–H and O–H groups in total. The third-order valence-electron chi connectivity index (χ3n) is 3.34. The molecule has 0 aliphatic heterocycles. The predicted octanol–water partition coefficient (Wildman–Crippen LogP) is 3.64. The molecule has 0 aromatic heterocycles. The minimum Gasteiger partial charge on any atom is -0.497 e. The van der Waals surface area contributed by atoms with Crippen LogP contribution in [-0.2, 0) is 9.53 Å². The van der Waals surface area contributed by atoms with E-state index in [1.54, 1.807) is 14.0 Å². The number of hydrogen-bond donors (Lipinski definition) is 1. The van der Waals surface area contributed by atoms with Gasteiger partial charge in [0, 0.05) is 17.8 Å². The number of benzene rings is 1. The summed E-state index contributed by atoms with van der Waals surface area (Å²) in [6.07, 6.45) is 4.36. The molecule has 21 heavy (non-hydrogen) atoms. The minimum absolute atomic E-state index is 0.224. The summed E-state index contributed by atoms with van der Waals surface area (Å²) in [6.45, 7) is 6.41. The van der Waals surface area contributed by atoms with Crippen LogP contribution in [0.4, 0.5) is 5.69 Å². The summed E-state index contributed by atoms with van der Waals surface area (Å²) in [7, 11) is 1.65. The average molecular weight is 291 g/mol. The van der Waals surface area contributed by atoms with Crippen LogP contribution in [0.1, 0.15) is 27.2 Å². The Bertz CT molecular complexity index is 454. The van der Waals surface area contributed by atoms with Crippen LogP contribution in [0.25, 0.3) is 0 Å². The van der Waals surface area contributed by atoms with Crippen LogP contribution in [0, 0.1) is 5.92 Å². The van der Waals surface area contributed by atoms with Crippen molar-refractivity contribution in [3.8, 4) is 5.75 Å². The topological polar surface area (TPSA) is 47.6 Å². The van der Waals surface area contributed by atoms with Gasteiger partial charge in [-0.1, -0.05) is 19.9 Å². The second-order valence-corrected chi connectivity index (χ2v) is 4.86. The lowest BCUT2D eigenvalue weighted by Gasteiger charge is -2.22. The molecule has 0 saturated carbocycles. The van der Waals surface area contributed by atoms with E-state index in [1.807, 2.05) is 30.3 Å². The maximum atomic E-state index is 11.3. The highest BCUT2D eigenvalue weighted by Crippen LogP contribution is 2.19. The zero-order chi connectivity index (χ0) is 15.7. The Labute approximate surface area is 127 Å². The van der Waals surface area contributed by atoms with E-state index in [0.717, 1.165) is 17.9 Å². The van der Waals surface area contributed by atoms with Gasteiger partial charge in [0.2, 0.25) is 0 Å². The molecule has 0 heterocycles. The number of rotatable bonds is 8. The molecular weight excluding hydrogens is 266 g/mol. The number of ether oxygens (including phenoxy) is 2. The summed E-state index contributed by atoms with van der Waals surface area (Å²) in [5.74, 6) is 0.772. The third-order valence-corrected chi connectivity index (χ3v) is 3.34. The van der Waals surface area contributed by atoms with Crippen LogP contribution in [0.3, 0.4) is 0 Å². The Hall–Kier alpha value is -1.97. The number of nitrogens with one attached hydrogen (secondary N) is 1. The lowest BCUT2D eigenvalue weighted by molar-refractivity contribution is -0.137. The number of carbonyl (C=O) groups excluding carboxylic acids is 1. The first-order valence-electron chi connectivity index (χ1n) is 7.36. The average Bonchev–Trinajstić information content (AvgIpc) is 2.51. The molecule has 1 aromatic rings. The minimum atomic E-state index is -0.288. The van der Waals surface area contributed by atoms with Crippen LogP contribution in [0.5, 0.6) is 5.75 Å². The summed E-state index contributed by atoms with van der Waals surface area (Å²) >= 11 is 0. The van der Waals surface area contributed by atoms with Gasteiger partial charge in [0.05, 0.1) is 13.7 Å². The van der Waals surface area contributed by atoms with Crippen molar-refractivity contribution in [2.24, 2.45) is 5.92 Å². The van der Waals surface area contributed by atoms with Gasteiger partial charge in [-0.15, -0.1) is 0 Å². The maximum Gasteiger partial charge on any atom is 0.330 e. The number of carbonyl (C=O) groups is 1. The molecule has 0 spiro atoms. The van der Waals surface area contributed by atoms with Gasteiger partial charge in [-0.3, -0.25) is 0 Å². The Kier molecular flexibility index (Phi) is 7.37. The zero-order valence-corrected chi connectivity index (χ0v) is 13.3. The molecule has 0 aliphatic carbocycles. The highest BCUT2D eigenvalue weighted by Gasteiger charge is 2.13. The molecular formula is C17H25NO3. The van der Waals surface area contributed by atoms with Crippen molar-refractivity contribution in [3.63, 3.8) is 0 Å². The van der Waals surface area contributed by atoms with E-state index in [4.69, 9.17) is 9.47 Å². The van der Waals surface area contributed by atoms with Crippen molar-refractivity contribution in [1.82, 2.24) is 0 Å². The van der Waals surface area contributed by atoms with Gasteiger partial charge in [0.1, 0.15) is 5.75 Å². The molecule has 1 aromatic carbocycles. The second-order valence-electron chi connectivity index (χ2n) is 4.86. The Morgan fingerprint density at radius 2 is 1.95 bits per heavy atom. The van der Waals surface area contributed by atoms with Gasteiger partial charge in [-0.25, -0.2) is 4.79 Å². The molecule has 4 heteroatoms. The van der Waals surface area contributed by atoms with Crippen molar-refractivity contribution in [3.05, 3.63) is 36.4 Å². The molecule has 0 radical (unpaired) electrons. The highest BCUT2D eigenvalue weighted by molar-refractivity contribution is 5.81. The van der Waals surface area contributed by atoms with Crippen LogP contribution in [0.2, 0.25) is 0 Å². The van der Waals surface area contributed by atoms with Crippen molar-refractivity contribution >= 4 is 11.7 Å². The standard InChI is InChI=1S/C17H25NO3/c1-5-16(13(3)7-12-17(19)21-6-2)18-14-8-10-15(20-4)11-9-14/h7-13,16,18H,5-6H2,1-4H3/b12-7+/t13-,16+/m0/s1. The lowest BCUT2D eigenvalue weighted by Crippen LogP contribution is -2.25. The number of methoxy groups -OCH3 is 1. The Morgan fingerprint density at radius 1 is 1.29 bits per heavy atom. The zero-order valence-electron chi connectivity index (χ0n) is 13.3. The molecule has 0 aliphatic rings. The number of esters is 1. The van der Waals surface area contributed by atoms with Gasteiger partial charge in [0.15, 0.2) is 0 Å². The third kappa shape index (κ3) is 5.90. The van der Waals surface area contributed by atoms with Gasteiger partial charge < -0.3 is 14.8 Å². The van der Waals surface area contributed by atoms with E-state index in [9.17, 15) is 4.79 Å². The van der Waals surface area contributed by atoms with Crippen molar-refractivity contribution in [2.45, 2.75) is 33.2 Å². The second kappa shape index (κ2) is 9.06. The summed E-state index contributed by atoms with van der Waals surface area (Å²) in [5.41, 5.74) is 1.04. The van der Waals surface area contributed by atoms with Gasteiger partial charge in [-0.05, 0) is 43.5 Å². The predicted molar refractivity (Wildman–Crippen MR) is 85.6 cm³/mol. The van der Waals surface area contributed by atoms with Crippen LogP contribution < -0.4 is 10.1 Å². The fourth-order valence-corrected chi connectivity index (χ4v) is 2.06. The summed E-state index contributed by atoms with van der Waals surface area (Å²) in [5, 5.41) is 3.48. The molecule has 0 bridgehead atoms. The van der Waals surface area contributed by atoms with Crippen LogP contribution >= 0.6 is 0 Å². The Balaban J connectivity index is 2.62. The van der Waals surface area contributed by atoms with Crippen molar-refractivity contribution in [2.75, 3.05) is 19.0 Å². The normalized spacial score (nSPS) is 13.7. The fourth-order valence-electron chi connectivity index (χ4n) is 2.06. The first-order valence-corrected chi connectivity index (χ1v) is 7.36. The maximum absolute atomic E-state index is 11.3. The monoisotopic (exact) mass is 291 g/mol. The first kappa shape index (κ1) is 17.1. The van der Waals surface area contributed by atoms with Crippen molar-refractivity contribution in [1.29, 1.82) is 0 Å². The highest BCUT2D eigenvalue weighted by atomic mass is 16.5. The van der Waals surface area contributed by atoms with Crippen molar-refractivity contribution < 1.29 is 14.3 Å². The quantitative estimate of drug-likeness (QED) is 0.587. The molecule has 2 atom stereocenters. The van der Waals surface area contributed by atoms with Gasteiger partial charge in [0.25, 0.3) is 0 Å². The van der Waals surface area contributed by atoms with E-state index in [1.165, 1.54) is 6.08 Å². The molecule has 1 rings (SSSR count). The molecule has 0 saturated heterocycles. The molecule has 0 fully saturated rings. The van der Waals surface area contributed by atoms with Crippen LogP contribution in [0.15, 0.2) is 36.4 Å². The summed E-state index contributed by atoms with van der Waals surface area (Å²) < 4.78 is 10.0. The smallest absolute Gasteiger partial charge is 0.330 e. The van der Waals surface area contributed by atoms with E-state index >= 15 is 0 Å². The largest absolute Gasteiger partial charge is 0.497 e. The molecule has 4 nitrogen and oxygen atoms in total. The summed E-state index contributed by atoms with van der Waals surface area (Å²) in [6, 6.07) is 8.08. The fraction of sp³-hybridized carbons (Fsp3) is 0.471. The van der Waals surface area contributed by atoms with E-state index in [0.29, 0.717) is 6.61 Å². The molecule has 0 amide bonds. The number of hydrogen-bond acceptors (Lipinski definition) is 4. The van der Waals surface area contributed by atoms with Gasteiger partial charge in [-0.2, -0.15) is 0 Å². The van der Waals surface area contributed by atoms with Gasteiger partial charge >= 0.3 is 5.97 Å². The first-order chi connectivity index (χ1) is 10.1. The lowest BCUT2D eigenvalue weighted by atomic mass is 9.98. The van der Waals surface area contributed by atoms with Crippen LogP contribution in [-0.4, -0.2) is 25.7 Å². The number of anilines is 1. The van der Waals surface area contributed by atoms with E-state index in [-0.39, 0.29) is 17.9 Å². The summed E-state index contributed by atoms with van der Waals surface area (Å²) in [4.78, 5) is 11.3. The Morgan fingerprint density at radius 3 is 2.48 bits per heavy atom. The molecule has 116 valence electrons. The van der Waals surface area contributed by atoms with E-state index in [2.05, 4.69) is 19.2 Å². The SMILES string of the molecule is CCOC(=O)/C=C/[C@H](C)[C@@H](CC)Nc1ccc(OC)cc1.